The van der Waals surface area contributed by atoms with E-state index in [1.165, 1.54) is 0 Å². The van der Waals surface area contributed by atoms with Crippen molar-refractivity contribution in [3.63, 3.8) is 0 Å². The number of rotatable bonds is 13. The Morgan fingerprint density at radius 1 is 1.11 bits per heavy atom. The number of aromatic nitrogens is 1. The summed E-state index contributed by atoms with van der Waals surface area (Å²) in [5.74, 6) is 0.325. The van der Waals surface area contributed by atoms with Gasteiger partial charge in [0.1, 0.15) is 18.0 Å². The molecule has 2 aromatic heterocycles. The van der Waals surface area contributed by atoms with Crippen LogP contribution >= 0.6 is 0 Å². The minimum Gasteiger partial charge on any atom is -0.475 e. The molecule has 200 valence electrons. The smallest absolute Gasteiger partial charge is 0.266 e. The van der Waals surface area contributed by atoms with Crippen LogP contribution in [-0.2, 0) is 10.1 Å². The molecule has 4 aromatic rings. The summed E-state index contributed by atoms with van der Waals surface area (Å²) in [5, 5.41) is 6.97. The molecule has 0 radical (unpaired) electrons. The molecule has 38 heavy (non-hydrogen) atoms. The van der Waals surface area contributed by atoms with Crippen molar-refractivity contribution in [1.82, 2.24) is 10.3 Å². The number of nitrogens with zero attached hydrogens (tertiary/aromatic N) is 1. The molecule has 0 fully saturated rings. The lowest BCUT2D eigenvalue weighted by atomic mass is 10.1. The zero-order chi connectivity index (χ0) is 27.0. The van der Waals surface area contributed by atoms with Gasteiger partial charge in [0.2, 0.25) is 5.88 Å². The van der Waals surface area contributed by atoms with Crippen LogP contribution in [0.4, 0.5) is 5.69 Å². The van der Waals surface area contributed by atoms with Gasteiger partial charge in [-0.05, 0) is 48.9 Å². The topological polar surface area (TPSA) is 131 Å². The highest BCUT2D eigenvalue weighted by atomic mass is 32.2. The molecule has 1 atom stereocenters. The lowest BCUT2D eigenvalue weighted by Gasteiger charge is -2.20. The second-order valence-corrected chi connectivity index (χ2v) is 10.5. The van der Waals surface area contributed by atoms with Gasteiger partial charge < -0.3 is 19.8 Å². The molecule has 0 aliphatic rings. The van der Waals surface area contributed by atoms with Crippen molar-refractivity contribution in [2.75, 3.05) is 24.2 Å². The summed E-state index contributed by atoms with van der Waals surface area (Å²) >= 11 is 0. The lowest BCUT2D eigenvalue weighted by Crippen LogP contribution is -2.29. The van der Waals surface area contributed by atoms with E-state index in [-0.39, 0.29) is 12.6 Å². The van der Waals surface area contributed by atoms with Crippen molar-refractivity contribution in [3.05, 3.63) is 78.5 Å². The Hall–Kier alpha value is -3.89. The number of amides is 1. The predicted octanol–water partition coefficient (Wildman–Crippen LogP) is 5.16. The van der Waals surface area contributed by atoms with E-state index >= 15 is 0 Å². The zero-order valence-corrected chi connectivity index (χ0v) is 21.9. The van der Waals surface area contributed by atoms with Crippen LogP contribution < -0.4 is 15.4 Å². The van der Waals surface area contributed by atoms with Crippen molar-refractivity contribution in [2.24, 2.45) is 0 Å². The molecule has 9 nitrogen and oxygen atoms in total. The Kier molecular flexibility index (Phi) is 8.98. The van der Waals surface area contributed by atoms with Crippen LogP contribution in [0.5, 0.6) is 5.88 Å². The second kappa shape index (κ2) is 12.6. The number of para-hydroxylation sites is 1. The fourth-order valence-electron chi connectivity index (χ4n) is 3.92. The Morgan fingerprint density at radius 2 is 1.89 bits per heavy atom. The number of furan rings is 1. The van der Waals surface area contributed by atoms with Gasteiger partial charge >= 0.3 is 0 Å². The van der Waals surface area contributed by atoms with E-state index in [0.29, 0.717) is 18.1 Å². The summed E-state index contributed by atoms with van der Waals surface area (Å²) in [4.78, 5) is 16.6. The van der Waals surface area contributed by atoms with Crippen LogP contribution in [0, 0.1) is 0 Å². The first-order valence-electron chi connectivity index (χ1n) is 12.5. The number of fused-ring (bicyclic) bond motifs is 1. The van der Waals surface area contributed by atoms with Crippen molar-refractivity contribution in [1.29, 1.82) is 0 Å². The number of hydrogen-bond donors (Lipinski definition) is 3. The maximum Gasteiger partial charge on any atom is 0.266 e. The average molecular weight is 538 g/mol. The first-order chi connectivity index (χ1) is 18.3. The van der Waals surface area contributed by atoms with E-state index in [4.69, 9.17) is 13.7 Å². The molecule has 2 heterocycles. The quantitative estimate of drug-likeness (QED) is 0.199. The number of carbonyl (C=O) groups excluding carboxylic acids is 1. The summed E-state index contributed by atoms with van der Waals surface area (Å²) in [6, 6.07) is 20.5. The molecule has 0 spiro atoms. The summed E-state index contributed by atoms with van der Waals surface area (Å²) in [5.41, 5.74) is 2.92. The number of hydrogen-bond acceptors (Lipinski definition) is 7. The third-order valence-electron chi connectivity index (χ3n) is 5.95. The molecule has 0 aliphatic carbocycles. The molecule has 3 N–H and O–H groups in total. The van der Waals surface area contributed by atoms with Gasteiger partial charge in [-0.2, -0.15) is 8.42 Å². The maximum absolute atomic E-state index is 12.2. The minimum absolute atomic E-state index is 0.0289. The van der Waals surface area contributed by atoms with Crippen LogP contribution in [0.1, 0.15) is 36.5 Å². The molecule has 1 unspecified atom stereocenters. The fraction of sp³-hybridized carbons (Fsp3) is 0.286. The maximum atomic E-state index is 12.2. The summed E-state index contributed by atoms with van der Waals surface area (Å²) in [6.45, 7) is 2.38. The number of benzene rings is 2. The molecule has 4 rings (SSSR count). The Balaban J connectivity index is 1.33. The third kappa shape index (κ3) is 7.80. The Morgan fingerprint density at radius 3 is 2.58 bits per heavy atom. The molecular weight excluding hydrogens is 506 g/mol. The van der Waals surface area contributed by atoms with E-state index in [2.05, 4.69) is 22.5 Å². The van der Waals surface area contributed by atoms with Gasteiger partial charge in [0.05, 0.1) is 11.8 Å². The fourth-order valence-corrected chi connectivity index (χ4v) is 4.28. The highest BCUT2D eigenvalue weighted by Gasteiger charge is 2.13. The van der Waals surface area contributed by atoms with Crippen LogP contribution in [0.3, 0.4) is 0 Å². The first kappa shape index (κ1) is 27.2. The molecule has 10 heteroatoms. The number of pyridine rings is 1. The van der Waals surface area contributed by atoms with Crippen molar-refractivity contribution in [2.45, 2.75) is 32.2 Å². The number of anilines is 1. The monoisotopic (exact) mass is 537 g/mol. The SMILES string of the molecule is CCCCC(COc1ccc(-c2cc3ccccc3o2)cn1)Nc1ccc(C(=O)NCCS(=O)(=O)O)cc1. The van der Waals surface area contributed by atoms with Gasteiger partial charge in [-0.15, -0.1) is 0 Å². The number of unbranched alkanes of at least 4 members (excludes halogenated alkanes) is 1. The Labute approximate surface area is 222 Å². The molecule has 0 saturated carbocycles. The highest BCUT2D eigenvalue weighted by molar-refractivity contribution is 7.85. The van der Waals surface area contributed by atoms with Gasteiger partial charge in [-0.25, -0.2) is 4.98 Å². The van der Waals surface area contributed by atoms with E-state index < -0.39 is 21.8 Å². The molecule has 1 amide bonds. The van der Waals surface area contributed by atoms with E-state index in [1.807, 2.05) is 42.5 Å². The highest BCUT2D eigenvalue weighted by Crippen LogP contribution is 2.28. The minimum atomic E-state index is -4.12. The van der Waals surface area contributed by atoms with Gasteiger partial charge in [-0.1, -0.05) is 38.0 Å². The van der Waals surface area contributed by atoms with Gasteiger partial charge in [0, 0.05) is 41.0 Å². The van der Waals surface area contributed by atoms with Crippen molar-refractivity contribution in [3.8, 4) is 17.2 Å². The lowest BCUT2D eigenvalue weighted by molar-refractivity contribution is 0.0956. The predicted molar refractivity (Wildman–Crippen MR) is 147 cm³/mol. The summed E-state index contributed by atoms with van der Waals surface area (Å²) in [6.07, 6.45) is 4.70. The zero-order valence-electron chi connectivity index (χ0n) is 21.1. The van der Waals surface area contributed by atoms with Gasteiger partial charge in [0.15, 0.2) is 0 Å². The second-order valence-electron chi connectivity index (χ2n) is 8.95. The standard InChI is InChI=1S/C28H31N3O6S/c1-2-3-7-24(31-23-12-9-20(10-13-23)28(32)29-15-16-38(33,34)35)19-36-27-14-11-22(18-30-27)26-17-21-6-4-5-8-25(21)37-26/h4-6,8-14,17-18,24,31H,2-3,7,15-16,19H2,1H3,(H,29,32)(H,33,34,35). The van der Waals surface area contributed by atoms with Gasteiger partial charge in [0.25, 0.3) is 16.0 Å². The van der Waals surface area contributed by atoms with Crippen LogP contribution in [0.25, 0.3) is 22.3 Å². The summed E-state index contributed by atoms with van der Waals surface area (Å²) in [7, 11) is -4.12. The van der Waals surface area contributed by atoms with Crippen LogP contribution in [0.2, 0.25) is 0 Å². The van der Waals surface area contributed by atoms with Gasteiger partial charge in [-0.3, -0.25) is 9.35 Å². The molecular formula is C28H31N3O6S. The van der Waals surface area contributed by atoms with E-state index in [0.717, 1.165) is 47.2 Å². The molecule has 0 aliphatic heterocycles. The average Bonchev–Trinajstić information content (AvgIpc) is 3.34. The van der Waals surface area contributed by atoms with Crippen LogP contribution in [-0.4, -0.2) is 48.8 Å². The largest absolute Gasteiger partial charge is 0.475 e. The third-order valence-corrected chi connectivity index (χ3v) is 6.67. The number of carbonyl (C=O) groups is 1. The molecule has 0 saturated heterocycles. The normalized spacial score (nSPS) is 12.3. The number of nitrogens with one attached hydrogen (secondary N) is 2. The van der Waals surface area contributed by atoms with E-state index in [9.17, 15) is 13.2 Å². The van der Waals surface area contributed by atoms with Crippen LogP contribution in [0.15, 0.2) is 77.3 Å². The first-order valence-corrected chi connectivity index (χ1v) is 14.1. The Bertz CT molecular complexity index is 1420. The number of ether oxygens (including phenoxy) is 1. The van der Waals surface area contributed by atoms with Crippen molar-refractivity contribution < 1.29 is 26.9 Å². The molecule has 2 aromatic carbocycles. The summed E-state index contributed by atoms with van der Waals surface area (Å²) < 4.78 is 42.3. The van der Waals surface area contributed by atoms with Crippen molar-refractivity contribution >= 4 is 32.7 Å². The van der Waals surface area contributed by atoms with E-state index in [1.54, 1.807) is 30.5 Å². The molecule has 0 bridgehead atoms.